The maximum atomic E-state index is 12.6. The highest BCUT2D eigenvalue weighted by atomic mass is 16.5. The van der Waals surface area contributed by atoms with Gasteiger partial charge in [-0.15, -0.1) is 0 Å². The number of hydrogen-bond acceptors (Lipinski definition) is 5. The molecule has 2 aromatic rings. The lowest BCUT2D eigenvalue weighted by Crippen LogP contribution is -2.30. The van der Waals surface area contributed by atoms with Crippen molar-refractivity contribution in [1.29, 1.82) is 0 Å². The number of imidazole rings is 1. The van der Waals surface area contributed by atoms with Crippen molar-refractivity contribution in [2.45, 2.75) is 12.3 Å². The number of ether oxygens (including phenoxy) is 2. The van der Waals surface area contributed by atoms with Gasteiger partial charge in [0, 0.05) is 24.6 Å². The second-order valence-electron chi connectivity index (χ2n) is 5.78. The molecule has 0 radical (unpaired) electrons. The van der Waals surface area contributed by atoms with Gasteiger partial charge >= 0.3 is 5.97 Å². The molecule has 2 N–H and O–H groups in total. The third kappa shape index (κ3) is 3.15. The maximum absolute atomic E-state index is 12.6. The van der Waals surface area contributed by atoms with Crippen LogP contribution in [0.3, 0.4) is 0 Å². The zero-order valence-electron chi connectivity index (χ0n) is 14.0. The van der Waals surface area contributed by atoms with E-state index in [2.05, 4.69) is 9.97 Å². The zero-order valence-corrected chi connectivity index (χ0v) is 14.0. The molecule has 0 saturated carbocycles. The highest BCUT2D eigenvalue weighted by Gasteiger charge is 2.32. The summed E-state index contributed by atoms with van der Waals surface area (Å²) in [5.74, 6) is -0.0394. The second-order valence-corrected chi connectivity index (χ2v) is 5.78. The van der Waals surface area contributed by atoms with Crippen molar-refractivity contribution >= 4 is 11.9 Å². The van der Waals surface area contributed by atoms with Gasteiger partial charge in [0.1, 0.15) is 11.5 Å². The Morgan fingerprint density at radius 2 is 2.12 bits per heavy atom. The number of carbonyl (C=O) groups is 2. The Morgan fingerprint density at radius 1 is 1.32 bits per heavy atom. The summed E-state index contributed by atoms with van der Waals surface area (Å²) in [4.78, 5) is 31.8. The molecule has 2 heterocycles. The first-order chi connectivity index (χ1) is 12.0. The fourth-order valence-electron chi connectivity index (χ4n) is 3.13. The number of carboxylic acids is 1. The third-order valence-corrected chi connectivity index (χ3v) is 4.41. The Bertz CT molecular complexity index is 801. The van der Waals surface area contributed by atoms with Crippen LogP contribution in [-0.2, 0) is 0 Å². The van der Waals surface area contributed by atoms with Crippen LogP contribution in [0.1, 0.15) is 38.9 Å². The minimum absolute atomic E-state index is 0.0641. The number of aromatic amines is 1. The second kappa shape index (κ2) is 6.84. The molecule has 3 rings (SSSR count). The van der Waals surface area contributed by atoms with Crippen molar-refractivity contribution in [3.63, 3.8) is 0 Å². The summed E-state index contributed by atoms with van der Waals surface area (Å²) < 4.78 is 10.7. The Kier molecular flexibility index (Phi) is 4.60. The van der Waals surface area contributed by atoms with Gasteiger partial charge in [-0.2, -0.15) is 0 Å². The number of nitrogens with one attached hydrogen (secondary N) is 1. The number of methoxy groups -OCH3 is 2. The van der Waals surface area contributed by atoms with Crippen LogP contribution in [0.2, 0.25) is 0 Å². The topological polar surface area (TPSA) is 105 Å². The number of H-pyrrole nitrogens is 1. The summed E-state index contributed by atoms with van der Waals surface area (Å²) in [6.07, 6.45) is 1.97. The number of benzene rings is 1. The van der Waals surface area contributed by atoms with E-state index in [0.717, 1.165) is 23.5 Å². The van der Waals surface area contributed by atoms with Gasteiger partial charge in [-0.1, -0.05) is 0 Å². The van der Waals surface area contributed by atoms with Crippen LogP contribution in [0.4, 0.5) is 0 Å². The number of nitrogens with zero attached hydrogens (tertiary/aromatic N) is 2. The number of aromatic carboxylic acids is 1. The lowest BCUT2D eigenvalue weighted by molar-refractivity contribution is 0.0674. The van der Waals surface area contributed by atoms with Gasteiger partial charge in [-0.25, -0.2) is 9.78 Å². The molecule has 0 spiro atoms. The summed E-state index contributed by atoms with van der Waals surface area (Å²) in [6, 6.07) is 5.58. The molecule has 8 nitrogen and oxygen atoms in total. The van der Waals surface area contributed by atoms with Gasteiger partial charge in [0.2, 0.25) is 0 Å². The average molecular weight is 345 g/mol. The predicted octanol–water partition coefficient (Wildman–Crippen LogP) is 1.75. The zero-order chi connectivity index (χ0) is 18.0. The molecule has 1 atom stereocenters. The molecule has 1 aromatic carbocycles. The Hall–Kier alpha value is -3.03. The molecule has 25 heavy (non-hydrogen) atoms. The molecule has 1 fully saturated rings. The van der Waals surface area contributed by atoms with Gasteiger partial charge in [0.15, 0.2) is 11.4 Å². The molecule has 1 saturated heterocycles. The van der Waals surface area contributed by atoms with E-state index in [1.165, 1.54) is 6.33 Å². The van der Waals surface area contributed by atoms with Crippen LogP contribution < -0.4 is 9.47 Å². The third-order valence-electron chi connectivity index (χ3n) is 4.41. The van der Waals surface area contributed by atoms with Gasteiger partial charge in [0.05, 0.1) is 20.5 Å². The van der Waals surface area contributed by atoms with E-state index in [1.54, 1.807) is 19.1 Å². The minimum Gasteiger partial charge on any atom is -0.497 e. The fourth-order valence-corrected chi connectivity index (χ4v) is 3.13. The number of amides is 1. The molecule has 1 aliphatic heterocycles. The molecule has 0 aliphatic carbocycles. The summed E-state index contributed by atoms with van der Waals surface area (Å²) in [6.45, 7) is 0.990. The van der Waals surface area contributed by atoms with Gasteiger partial charge in [0.25, 0.3) is 5.91 Å². The Morgan fingerprint density at radius 3 is 2.80 bits per heavy atom. The molecule has 1 aliphatic rings. The smallest absolute Gasteiger partial charge is 0.354 e. The molecular formula is C17H19N3O5. The number of aromatic nitrogens is 2. The van der Waals surface area contributed by atoms with E-state index >= 15 is 0 Å². The first kappa shape index (κ1) is 16.8. The Balaban J connectivity index is 1.81. The normalized spacial score (nSPS) is 16.7. The fraction of sp³-hybridized carbons (Fsp3) is 0.353. The molecule has 0 unspecified atom stereocenters. The molecule has 0 bridgehead atoms. The average Bonchev–Trinajstić information content (AvgIpc) is 3.30. The van der Waals surface area contributed by atoms with Crippen LogP contribution in [0, 0.1) is 0 Å². The maximum Gasteiger partial charge on any atom is 0.354 e. The van der Waals surface area contributed by atoms with Crippen molar-refractivity contribution in [3.05, 3.63) is 41.5 Å². The Labute approximate surface area is 144 Å². The van der Waals surface area contributed by atoms with E-state index in [1.807, 2.05) is 18.2 Å². The van der Waals surface area contributed by atoms with Crippen molar-refractivity contribution in [3.8, 4) is 11.5 Å². The quantitative estimate of drug-likeness (QED) is 0.855. The van der Waals surface area contributed by atoms with Crippen LogP contribution >= 0.6 is 0 Å². The summed E-state index contributed by atoms with van der Waals surface area (Å²) in [5.41, 5.74) is 0.718. The van der Waals surface area contributed by atoms with Gasteiger partial charge < -0.3 is 24.5 Å². The summed E-state index contributed by atoms with van der Waals surface area (Å²) in [5, 5.41) is 9.13. The predicted molar refractivity (Wildman–Crippen MR) is 88.4 cm³/mol. The summed E-state index contributed by atoms with van der Waals surface area (Å²) in [7, 11) is 3.20. The van der Waals surface area contributed by atoms with Crippen molar-refractivity contribution in [2.24, 2.45) is 0 Å². The van der Waals surface area contributed by atoms with E-state index in [9.17, 15) is 9.59 Å². The summed E-state index contributed by atoms with van der Waals surface area (Å²) >= 11 is 0. The van der Waals surface area contributed by atoms with Crippen LogP contribution in [-0.4, -0.2) is 59.2 Å². The highest BCUT2D eigenvalue weighted by molar-refractivity contribution is 6.02. The first-order valence-electron chi connectivity index (χ1n) is 7.83. The number of likely N-dealkylation sites (tertiary alicyclic amines) is 1. The minimum atomic E-state index is -1.20. The number of carbonyl (C=O) groups excluding carboxylic acids is 1. The molecule has 8 heteroatoms. The molecule has 1 aromatic heterocycles. The standard InChI is InChI=1S/C17H19N3O5/c1-24-11-3-4-13(25-2)12(7-11)10-5-6-20(8-10)16(21)14-15(17(22)23)19-9-18-14/h3-4,7,9-10H,5-6,8H2,1-2H3,(H,18,19)(H,22,23)/t10-/m1/s1. The number of rotatable bonds is 5. The van der Waals surface area contributed by atoms with Crippen molar-refractivity contribution in [1.82, 2.24) is 14.9 Å². The van der Waals surface area contributed by atoms with E-state index in [4.69, 9.17) is 14.6 Å². The highest BCUT2D eigenvalue weighted by Crippen LogP contribution is 2.36. The van der Waals surface area contributed by atoms with E-state index in [0.29, 0.717) is 13.1 Å². The lowest BCUT2D eigenvalue weighted by Gasteiger charge is -2.18. The SMILES string of the molecule is COc1ccc(OC)c([C@@H]2CCN(C(=O)c3nc[nH]c3C(=O)O)C2)c1. The number of hydrogen-bond donors (Lipinski definition) is 2. The number of carboxylic acid groups (broad SMARTS) is 1. The lowest BCUT2D eigenvalue weighted by atomic mass is 9.97. The molecular weight excluding hydrogens is 326 g/mol. The van der Waals surface area contributed by atoms with Crippen LogP contribution in [0.5, 0.6) is 11.5 Å². The first-order valence-corrected chi connectivity index (χ1v) is 7.83. The van der Waals surface area contributed by atoms with Crippen LogP contribution in [0.15, 0.2) is 24.5 Å². The largest absolute Gasteiger partial charge is 0.497 e. The molecule has 1 amide bonds. The van der Waals surface area contributed by atoms with Crippen molar-refractivity contribution < 1.29 is 24.2 Å². The van der Waals surface area contributed by atoms with Crippen molar-refractivity contribution in [2.75, 3.05) is 27.3 Å². The van der Waals surface area contributed by atoms with Gasteiger partial charge in [-0.05, 0) is 24.6 Å². The van der Waals surface area contributed by atoms with Gasteiger partial charge in [-0.3, -0.25) is 4.79 Å². The van der Waals surface area contributed by atoms with E-state index in [-0.39, 0.29) is 23.2 Å². The van der Waals surface area contributed by atoms with Crippen LogP contribution in [0.25, 0.3) is 0 Å². The van der Waals surface area contributed by atoms with E-state index < -0.39 is 5.97 Å². The molecule has 132 valence electrons. The monoisotopic (exact) mass is 345 g/mol.